The Kier molecular flexibility index (Phi) is 4.34. The van der Waals surface area contributed by atoms with E-state index in [1.54, 1.807) is 7.11 Å². The van der Waals surface area contributed by atoms with Gasteiger partial charge in [-0.05, 0) is 37.6 Å². The summed E-state index contributed by atoms with van der Waals surface area (Å²) in [5.74, 6) is 2.47. The first-order valence-electron chi connectivity index (χ1n) is 6.46. The van der Waals surface area contributed by atoms with Gasteiger partial charge in [0.15, 0.2) is 5.82 Å². The topological polar surface area (TPSA) is 47.0 Å². The molecule has 0 aliphatic carbocycles. The highest BCUT2D eigenvalue weighted by molar-refractivity contribution is 5.59. The molecule has 0 spiro atoms. The van der Waals surface area contributed by atoms with E-state index in [1.807, 2.05) is 37.4 Å². The smallest absolute Gasteiger partial charge is 0.161 e. The van der Waals surface area contributed by atoms with E-state index in [0.29, 0.717) is 0 Å². The Morgan fingerprint density at radius 1 is 1.21 bits per heavy atom. The van der Waals surface area contributed by atoms with Gasteiger partial charge in [-0.3, -0.25) is 0 Å². The Hall–Kier alpha value is -2.10. The molecule has 0 saturated carbocycles. The van der Waals surface area contributed by atoms with Crippen LogP contribution in [0.2, 0.25) is 0 Å². The Labute approximate surface area is 113 Å². The van der Waals surface area contributed by atoms with E-state index < -0.39 is 0 Å². The molecule has 0 aliphatic heterocycles. The van der Waals surface area contributed by atoms with Gasteiger partial charge in [-0.25, -0.2) is 9.97 Å². The highest BCUT2D eigenvalue weighted by Crippen LogP contribution is 2.21. The van der Waals surface area contributed by atoms with Crippen LogP contribution in [0, 0.1) is 6.92 Å². The quantitative estimate of drug-likeness (QED) is 0.893. The van der Waals surface area contributed by atoms with Crippen molar-refractivity contribution < 1.29 is 4.74 Å². The maximum Gasteiger partial charge on any atom is 0.161 e. The van der Waals surface area contributed by atoms with Crippen molar-refractivity contribution >= 4 is 5.82 Å². The van der Waals surface area contributed by atoms with Crippen molar-refractivity contribution in [3.8, 4) is 17.1 Å². The zero-order chi connectivity index (χ0) is 13.7. The van der Waals surface area contributed by atoms with Gasteiger partial charge in [-0.15, -0.1) is 0 Å². The van der Waals surface area contributed by atoms with E-state index in [1.165, 1.54) is 0 Å². The van der Waals surface area contributed by atoms with Crippen LogP contribution in [-0.4, -0.2) is 23.6 Å². The predicted molar refractivity (Wildman–Crippen MR) is 77.5 cm³/mol. The van der Waals surface area contributed by atoms with E-state index in [9.17, 15) is 0 Å². The Balaban J connectivity index is 2.28. The predicted octanol–water partition coefficient (Wildman–Crippen LogP) is 3.28. The van der Waals surface area contributed by atoms with Crippen molar-refractivity contribution in [2.24, 2.45) is 0 Å². The van der Waals surface area contributed by atoms with Crippen molar-refractivity contribution in [3.05, 3.63) is 36.0 Å². The van der Waals surface area contributed by atoms with Gasteiger partial charge in [0.2, 0.25) is 0 Å². The van der Waals surface area contributed by atoms with E-state index in [4.69, 9.17) is 4.74 Å². The first-order chi connectivity index (χ1) is 9.24. The largest absolute Gasteiger partial charge is 0.497 e. The minimum absolute atomic E-state index is 0.729. The maximum absolute atomic E-state index is 5.15. The Morgan fingerprint density at radius 3 is 2.58 bits per heavy atom. The van der Waals surface area contributed by atoms with Gasteiger partial charge in [-0.2, -0.15) is 0 Å². The summed E-state index contributed by atoms with van der Waals surface area (Å²) >= 11 is 0. The summed E-state index contributed by atoms with van der Waals surface area (Å²) in [5.41, 5.74) is 2.05. The van der Waals surface area contributed by atoms with Crippen LogP contribution in [0.4, 0.5) is 5.82 Å². The van der Waals surface area contributed by atoms with Crippen LogP contribution in [0.5, 0.6) is 5.75 Å². The SMILES string of the molecule is CCCNc1nc(-c2ccc(OC)cc2)ncc1C. The summed E-state index contributed by atoms with van der Waals surface area (Å²) in [6.07, 6.45) is 2.92. The first kappa shape index (κ1) is 13.3. The highest BCUT2D eigenvalue weighted by atomic mass is 16.5. The van der Waals surface area contributed by atoms with Gasteiger partial charge in [0.25, 0.3) is 0 Å². The number of nitrogens with one attached hydrogen (secondary N) is 1. The molecule has 100 valence electrons. The van der Waals surface area contributed by atoms with Crippen molar-refractivity contribution in [1.29, 1.82) is 0 Å². The molecule has 0 aliphatic rings. The normalized spacial score (nSPS) is 10.3. The maximum atomic E-state index is 5.15. The lowest BCUT2D eigenvalue weighted by molar-refractivity contribution is 0.415. The van der Waals surface area contributed by atoms with Crippen LogP contribution in [0.1, 0.15) is 18.9 Å². The molecule has 19 heavy (non-hydrogen) atoms. The standard InChI is InChI=1S/C15H19N3O/c1-4-9-16-14-11(2)10-17-15(18-14)12-5-7-13(19-3)8-6-12/h5-8,10H,4,9H2,1-3H3,(H,16,17,18). The van der Waals surface area contributed by atoms with Crippen molar-refractivity contribution in [2.75, 3.05) is 19.0 Å². The fraction of sp³-hybridized carbons (Fsp3) is 0.333. The number of aryl methyl sites for hydroxylation is 1. The molecule has 2 aromatic rings. The van der Waals surface area contributed by atoms with E-state index >= 15 is 0 Å². The van der Waals surface area contributed by atoms with E-state index in [-0.39, 0.29) is 0 Å². The molecule has 0 radical (unpaired) electrons. The summed E-state index contributed by atoms with van der Waals surface area (Å²) in [6.45, 7) is 5.06. The zero-order valence-corrected chi connectivity index (χ0v) is 11.6. The molecule has 1 heterocycles. The first-order valence-corrected chi connectivity index (χ1v) is 6.46. The second kappa shape index (κ2) is 6.18. The molecular formula is C15H19N3O. The van der Waals surface area contributed by atoms with E-state index in [2.05, 4.69) is 22.2 Å². The molecule has 1 N–H and O–H groups in total. The molecule has 4 nitrogen and oxygen atoms in total. The number of ether oxygens (including phenoxy) is 1. The highest BCUT2D eigenvalue weighted by Gasteiger charge is 2.05. The molecular weight excluding hydrogens is 238 g/mol. The number of methoxy groups -OCH3 is 1. The number of hydrogen-bond donors (Lipinski definition) is 1. The molecule has 0 saturated heterocycles. The van der Waals surface area contributed by atoms with Crippen LogP contribution >= 0.6 is 0 Å². The average molecular weight is 257 g/mol. The lowest BCUT2D eigenvalue weighted by Crippen LogP contribution is -2.05. The van der Waals surface area contributed by atoms with Crippen LogP contribution in [-0.2, 0) is 0 Å². The number of benzene rings is 1. The molecule has 4 heteroatoms. The van der Waals surface area contributed by atoms with Gasteiger partial charge in [-0.1, -0.05) is 6.92 Å². The number of anilines is 1. The second-order valence-corrected chi connectivity index (χ2v) is 4.38. The molecule has 0 atom stereocenters. The van der Waals surface area contributed by atoms with Crippen LogP contribution in [0.25, 0.3) is 11.4 Å². The summed E-state index contributed by atoms with van der Waals surface area (Å²) in [4.78, 5) is 8.95. The van der Waals surface area contributed by atoms with Gasteiger partial charge >= 0.3 is 0 Å². The Bertz CT molecular complexity index is 538. The van der Waals surface area contributed by atoms with Crippen molar-refractivity contribution in [1.82, 2.24) is 9.97 Å². The van der Waals surface area contributed by atoms with Crippen molar-refractivity contribution in [2.45, 2.75) is 20.3 Å². The number of rotatable bonds is 5. The minimum Gasteiger partial charge on any atom is -0.497 e. The molecule has 0 bridgehead atoms. The number of nitrogens with zero attached hydrogens (tertiary/aromatic N) is 2. The average Bonchev–Trinajstić information content (AvgIpc) is 2.46. The Morgan fingerprint density at radius 2 is 1.95 bits per heavy atom. The van der Waals surface area contributed by atoms with Crippen molar-refractivity contribution in [3.63, 3.8) is 0 Å². The van der Waals surface area contributed by atoms with Gasteiger partial charge in [0.05, 0.1) is 7.11 Å². The van der Waals surface area contributed by atoms with Crippen LogP contribution in [0.3, 0.4) is 0 Å². The summed E-state index contributed by atoms with van der Waals surface area (Å²) < 4.78 is 5.15. The lowest BCUT2D eigenvalue weighted by Gasteiger charge is -2.09. The number of hydrogen-bond acceptors (Lipinski definition) is 4. The molecule has 0 amide bonds. The molecule has 1 aromatic heterocycles. The van der Waals surface area contributed by atoms with Crippen LogP contribution in [0.15, 0.2) is 30.5 Å². The zero-order valence-electron chi connectivity index (χ0n) is 11.6. The third-order valence-electron chi connectivity index (χ3n) is 2.86. The third kappa shape index (κ3) is 3.22. The fourth-order valence-corrected chi connectivity index (χ4v) is 1.74. The molecule has 1 aromatic carbocycles. The summed E-state index contributed by atoms with van der Waals surface area (Å²) in [5, 5.41) is 3.32. The van der Waals surface area contributed by atoms with Gasteiger partial charge in [0, 0.05) is 23.9 Å². The fourth-order valence-electron chi connectivity index (χ4n) is 1.74. The monoisotopic (exact) mass is 257 g/mol. The van der Waals surface area contributed by atoms with Crippen LogP contribution < -0.4 is 10.1 Å². The van der Waals surface area contributed by atoms with Gasteiger partial charge < -0.3 is 10.1 Å². The third-order valence-corrected chi connectivity index (χ3v) is 2.86. The van der Waals surface area contributed by atoms with E-state index in [0.717, 1.165) is 41.5 Å². The molecule has 0 fully saturated rings. The summed E-state index contributed by atoms with van der Waals surface area (Å²) in [7, 11) is 1.66. The second-order valence-electron chi connectivity index (χ2n) is 4.38. The minimum atomic E-state index is 0.729. The van der Waals surface area contributed by atoms with Gasteiger partial charge in [0.1, 0.15) is 11.6 Å². The molecule has 0 unspecified atom stereocenters. The molecule has 2 rings (SSSR count). The summed E-state index contributed by atoms with van der Waals surface area (Å²) in [6, 6.07) is 7.76. The lowest BCUT2D eigenvalue weighted by atomic mass is 10.2. The number of aromatic nitrogens is 2.